The highest BCUT2D eigenvalue weighted by Gasteiger charge is 2.11. The Bertz CT molecular complexity index is 605. The number of nitrogens with zero attached hydrogens (tertiary/aromatic N) is 2. The molecule has 94 valence electrons. The van der Waals surface area contributed by atoms with Gasteiger partial charge in [-0.15, -0.1) is 0 Å². The third kappa shape index (κ3) is 2.94. The van der Waals surface area contributed by atoms with Crippen LogP contribution in [-0.2, 0) is 0 Å². The van der Waals surface area contributed by atoms with Gasteiger partial charge in [0, 0.05) is 4.47 Å². The highest BCUT2D eigenvalue weighted by molar-refractivity contribution is 9.10. The molecule has 0 spiro atoms. The summed E-state index contributed by atoms with van der Waals surface area (Å²) in [5.41, 5.74) is 1.54. The minimum absolute atomic E-state index is 0.217. The Morgan fingerprint density at radius 3 is 2.50 bits per heavy atom. The maximum Gasteiger partial charge on any atom is 0.257 e. The van der Waals surface area contributed by atoms with E-state index in [1.165, 1.54) is 0 Å². The molecule has 3 nitrogen and oxygen atoms in total. The number of ether oxygens (including phenoxy) is 1. The Morgan fingerprint density at radius 1 is 1.11 bits per heavy atom. The van der Waals surface area contributed by atoms with Crippen LogP contribution in [0.25, 0.3) is 0 Å². The van der Waals surface area contributed by atoms with Gasteiger partial charge >= 0.3 is 0 Å². The molecule has 18 heavy (non-hydrogen) atoms. The lowest BCUT2D eigenvalue weighted by Gasteiger charge is -2.09. The Balaban J connectivity index is 2.40. The standard InChI is InChI=1S/C12H9BrCl2N2O/c1-6-7(2)17-12(11(15)16-6)18-10-5-8(13)3-4-9(10)14/h3-5H,1-2H3. The fraction of sp³-hybridized carbons (Fsp3) is 0.167. The second-order valence-electron chi connectivity index (χ2n) is 3.67. The van der Waals surface area contributed by atoms with Crippen molar-refractivity contribution in [1.82, 2.24) is 9.97 Å². The minimum atomic E-state index is 0.217. The third-order valence-electron chi connectivity index (χ3n) is 2.34. The summed E-state index contributed by atoms with van der Waals surface area (Å²) in [5.74, 6) is 0.727. The van der Waals surface area contributed by atoms with Crippen molar-refractivity contribution in [2.75, 3.05) is 0 Å². The second-order valence-corrected chi connectivity index (χ2v) is 5.35. The molecule has 0 bridgehead atoms. The molecule has 0 atom stereocenters. The number of benzene rings is 1. The van der Waals surface area contributed by atoms with Crippen LogP contribution in [0.15, 0.2) is 22.7 Å². The van der Waals surface area contributed by atoms with Gasteiger partial charge in [0.15, 0.2) is 5.15 Å². The zero-order valence-electron chi connectivity index (χ0n) is 9.67. The number of aryl methyl sites for hydroxylation is 2. The van der Waals surface area contributed by atoms with Gasteiger partial charge in [-0.05, 0) is 32.0 Å². The maximum absolute atomic E-state index is 6.03. The van der Waals surface area contributed by atoms with Gasteiger partial charge in [-0.25, -0.2) is 9.97 Å². The predicted octanol–water partition coefficient (Wildman–Crippen LogP) is 4.96. The average Bonchev–Trinajstić information content (AvgIpc) is 2.30. The van der Waals surface area contributed by atoms with Gasteiger partial charge in [-0.3, -0.25) is 0 Å². The fourth-order valence-electron chi connectivity index (χ4n) is 1.28. The minimum Gasteiger partial charge on any atom is -0.435 e. The Morgan fingerprint density at radius 2 is 1.78 bits per heavy atom. The van der Waals surface area contributed by atoms with E-state index in [1.54, 1.807) is 12.1 Å². The van der Waals surface area contributed by atoms with E-state index in [4.69, 9.17) is 27.9 Å². The van der Waals surface area contributed by atoms with E-state index in [2.05, 4.69) is 25.9 Å². The molecule has 6 heteroatoms. The molecule has 0 amide bonds. The largest absolute Gasteiger partial charge is 0.435 e. The normalized spacial score (nSPS) is 10.5. The molecule has 0 aliphatic rings. The molecule has 0 N–H and O–H groups in total. The number of aromatic nitrogens is 2. The van der Waals surface area contributed by atoms with Crippen molar-refractivity contribution in [3.8, 4) is 11.6 Å². The van der Waals surface area contributed by atoms with Crippen LogP contribution in [0, 0.1) is 13.8 Å². The highest BCUT2D eigenvalue weighted by Crippen LogP contribution is 2.33. The van der Waals surface area contributed by atoms with Gasteiger partial charge in [0.05, 0.1) is 16.4 Å². The molecule has 0 unspecified atom stereocenters. The summed E-state index contributed by atoms with van der Waals surface area (Å²) in [6, 6.07) is 5.29. The van der Waals surface area contributed by atoms with Crippen molar-refractivity contribution in [3.05, 3.63) is 44.2 Å². The molecule has 0 radical (unpaired) electrons. The second kappa shape index (κ2) is 5.43. The average molecular weight is 348 g/mol. The van der Waals surface area contributed by atoms with Crippen LogP contribution in [0.1, 0.15) is 11.4 Å². The van der Waals surface area contributed by atoms with Gasteiger partial charge in [-0.2, -0.15) is 0 Å². The Kier molecular flexibility index (Phi) is 4.10. The third-order valence-corrected chi connectivity index (χ3v) is 3.39. The van der Waals surface area contributed by atoms with E-state index in [9.17, 15) is 0 Å². The van der Waals surface area contributed by atoms with E-state index in [-0.39, 0.29) is 11.0 Å². The van der Waals surface area contributed by atoms with Crippen molar-refractivity contribution in [2.45, 2.75) is 13.8 Å². The molecule has 0 aliphatic carbocycles. The van der Waals surface area contributed by atoms with Crippen LogP contribution < -0.4 is 4.74 Å². The molecule has 2 rings (SSSR count). The van der Waals surface area contributed by atoms with Crippen LogP contribution in [0.5, 0.6) is 11.6 Å². The quantitative estimate of drug-likeness (QED) is 0.770. The van der Waals surface area contributed by atoms with Crippen LogP contribution in [-0.4, -0.2) is 9.97 Å². The summed E-state index contributed by atoms with van der Waals surface area (Å²) >= 11 is 15.4. The molecule has 2 aromatic rings. The number of hydrogen-bond acceptors (Lipinski definition) is 3. The lowest BCUT2D eigenvalue weighted by molar-refractivity contribution is 0.458. The van der Waals surface area contributed by atoms with E-state index in [0.29, 0.717) is 10.8 Å². The van der Waals surface area contributed by atoms with Crippen molar-refractivity contribution in [1.29, 1.82) is 0 Å². The van der Waals surface area contributed by atoms with Gasteiger partial charge in [0.1, 0.15) is 5.75 Å². The van der Waals surface area contributed by atoms with E-state index in [0.717, 1.165) is 15.9 Å². The zero-order chi connectivity index (χ0) is 13.3. The first-order chi connectivity index (χ1) is 8.47. The van der Waals surface area contributed by atoms with Crippen LogP contribution >= 0.6 is 39.1 Å². The molecule has 0 aliphatic heterocycles. The molecule has 0 saturated carbocycles. The van der Waals surface area contributed by atoms with Gasteiger partial charge in [-0.1, -0.05) is 39.1 Å². The smallest absolute Gasteiger partial charge is 0.257 e. The fourth-order valence-corrected chi connectivity index (χ4v) is 1.98. The lowest BCUT2D eigenvalue weighted by Crippen LogP contribution is -1.97. The summed E-state index contributed by atoms with van der Waals surface area (Å²) in [4.78, 5) is 8.39. The maximum atomic E-state index is 6.03. The van der Waals surface area contributed by atoms with Crippen LogP contribution in [0.3, 0.4) is 0 Å². The SMILES string of the molecule is Cc1nc(Cl)c(Oc2cc(Br)ccc2Cl)nc1C. The summed E-state index contributed by atoms with van der Waals surface area (Å²) in [6.07, 6.45) is 0. The summed E-state index contributed by atoms with van der Waals surface area (Å²) in [6.45, 7) is 3.68. The van der Waals surface area contributed by atoms with E-state index >= 15 is 0 Å². The topological polar surface area (TPSA) is 35.0 Å². The monoisotopic (exact) mass is 346 g/mol. The molecule has 0 fully saturated rings. The van der Waals surface area contributed by atoms with Crippen molar-refractivity contribution < 1.29 is 4.74 Å². The van der Waals surface area contributed by atoms with Crippen molar-refractivity contribution in [3.63, 3.8) is 0 Å². The summed E-state index contributed by atoms with van der Waals surface area (Å²) in [5, 5.41) is 0.698. The molecule has 1 aromatic heterocycles. The van der Waals surface area contributed by atoms with Crippen molar-refractivity contribution in [2.24, 2.45) is 0 Å². The molecule has 1 aromatic carbocycles. The van der Waals surface area contributed by atoms with Gasteiger partial charge in [0.2, 0.25) is 0 Å². The van der Waals surface area contributed by atoms with Crippen LogP contribution in [0.4, 0.5) is 0 Å². The Hall–Kier alpha value is -0.840. The lowest BCUT2D eigenvalue weighted by atomic mass is 10.3. The first-order valence-corrected chi connectivity index (χ1v) is 6.66. The number of hydrogen-bond donors (Lipinski definition) is 0. The Labute approximate surface area is 123 Å². The van der Waals surface area contributed by atoms with Crippen LogP contribution in [0.2, 0.25) is 10.2 Å². The van der Waals surface area contributed by atoms with Gasteiger partial charge < -0.3 is 4.74 Å². The molecular formula is C12H9BrCl2N2O. The van der Waals surface area contributed by atoms with Gasteiger partial charge in [0.25, 0.3) is 5.88 Å². The zero-order valence-corrected chi connectivity index (χ0v) is 12.8. The number of halogens is 3. The molecular weight excluding hydrogens is 339 g/mol. The molecule has 0 saturated heterocycles. The first kappa shape index (κ1) is 13.6. The van der Waals surface area contributed by atoms with Crippen molar-refractivity contribution >= 4 is 39.1 Å². The predicted molar refractivity (Wildman–Crippen MR) is 75.7 cm³/mol. The van der Waals surface area contributed by atoms with E-state index in [1.807, 2.05) is 19.9 Å². The molecule has 1 heterocycles. The highest BCUT2D eigenvalue weighted by atomic mass is 79.9. The number of rotatable bonds is 2. The first-order valence-electron chi connectivity index (χ1n) is 5.11. The van der Waals surface area contributed by atoms with E-state index < -0.39 is 0 Å². The summed E-state index contributed by atoms with van der Waals surface area (Å²) in [7, 11) is 0. The summed E-state index contributed by atoms with van der Waals surface area (Å²) < 4.78 is 6.45.